The third kappa shape index (κ3) is 2.97. The minimum Gasteiger partial charge on any atom is -0.454 e. The van der Waals surface area contributed by atoms with Crippen molar-refractivity contribution < 1.29 is 19.9 Å². The maximum Gasteiger partial charge on any atom is 0.231 e. The first-order valence-electron chi connectivity index (χ1n) is 4.78. The number of ether oxygens (including phenoxy) is 2. The van der Waals surface area contributed by atoms with Gasteiger partial charge in [-0.05, 0) is 17.7 Å². The van der Waals surface area contributed by atoms with Gasteiger partial charge in [-0.3, -0.25) is 10.4 Å². The van der Waals surface area contributed by atoms with Crippen LogP contribution >= 0.6 is 0 Å². The maximum absolute atomic E-state index is 8.43. The molecular weight excluding hydrogens is 228 g/mol. The molecule has 0 radical (unpaired) electrons. The van der Waals surface area contributed by atoms with Crippen LogP contribution in [0.4, 0.5) is 0 Å². The molecule has 0 saturated carbocycles. The lowest BCUT2D eigenvalue weighted by atomic mass is 10.2. The molecule has 0 unspecified atom stereocenters. The number of nitrogens with one attached hydrogen (secondary N) is 1. The van der Waals surface area contributed by atoms with Gasteiger partial charge in [-0.2, -0.15) is 0 Å². The summed E-state index contributed by atoms with van der Waals surface area (Å²) in [7, 11) is 0. The first kappa shape index (κ1) is 11.5. The van der Waals surface area contributed by atoms with Crippen LogP contribution in [0.5, 0.6) is 11.5 Å². The lowest BCUT2D eigenvalue weighted by molar-refractivity contribution is -0.329. The zero-order valence-corrected chi connectivity index (χ0v) is 8.83. The number of hydrogen-bond acceptors (Lipinski definition) is 6. The molecule has 92 valence electrons. The third-order valence-corrected chi connectivity index (χ3v) is 2.08. The van der Waals surface area contributed by atoms with Crippen LogP contribution in [-0.4, -0.2) is 28.5 Å². The van der Waals surface area contributed by atoms with Gasteiger partial charge in [-0.15, -0.1) is 0 Å². The topological polar surface area (TPSA) is 113 Å². The van der Waals surface area contributed by atoms with E-state index in [9.17, 15) is 0 Å². The van der Waals surface area contributed by atoms with E-state index in [4.69, 9.17) is 25.6 Å². The molecule has 1 aliphatic rings. The van der Waals surface area contributed by atoms with Crippen molar-refractivity contribution in [2.24, 2.45) is 10.7 Å². The first-order chi connectivity index (χ1) is 8.15. The highest BCUT2D eigenvalue weighted by Crippen LogP contribution is 2.32. The number of guanidine groups is 1. The minimum absolute atomic E-state index is 0.118. The second-order valence-electron chi connectivity index (χ2n) is 3.29. The smallest absolute Gasteiger partial charge is 0.231 e. The summed E-state index contributed by atoms with van der Waals surface area (Å²) in [6.45, 7) is 0.499. The number of rotatable bonds is 3. The van der Waals surface area contributed by atoms with Gasteiger partial charge < -0.3 is 15.2 Å². The summed E-state index contributed by atoms with van der Waals surface area (Å²) in [6, 6.07) is 5.38. The molecule has 0 aliphatic carbocycles. The van der Waals surface area contributed by atoms with Crippen LogP contribution in [0.2, 0.25) is 0 Å². The van der Waals surface area contributed by atoms with Gasteiger partial charge in [0.2, 0.25) is 12.8 Å². The predicted octanol–water partition coefficient (Wildman–Crippen LogP) is -0.185. The molecule has 5 N–H and O–H groups in total. The Labute approximate surface area is 96.8 Å². The number of hydrogen-bond donors (Lipinski definition) is 4. The van der Waals surface area contributed by atoms with E-state index in [1.54, 1.807) is 12.1 Å². The number of nitrogens with zero attached hydrogens (tertiary/aromatic N) is 2. The van der Waals surface area contributed by atoms with Gasteiger partial charge >= 0.3 is 0 Å². The van der Waals surface area contributed by atoms with Crippen molar-refractivity contribution >= 4 is 5.96 Å². The third-order valence-electron chi connectivity index (χ3n) is 2.08. The molecule has 0 atom stereocenters. The number of benzene rings is 1. The van der Waals surface area contributed by atoms with Gasteiger partial charge in [-0.25, -0.2) is 10.4 Å². The maximum atomic E-state index is 8.43. The van der Waals surface area contributed by atoms with E-state index < -0.39 is 0 Å². The molecule has 1 aromatic rings. The lowest BCUT2D eigenvalue weighted by Gasteiger charge is -2.07. The number of fused-ring (bicyclic) bond motifs is 1. The fraction of sp³-hybridized carbons (Fsp3) is 0.222. The molecule has 0 fully saturated rings. The monoisotopic (exact) mass is 240 g/mol. The highest BCUT2D eigenvalue weighted by atomic mass is 16.8. The fourth-order valence-corrected chi connectivity index (χ4v) is 1.35. The van der Waals surface area contributed by atoms with Crippen LogP contribution in [0, 0.1) is 0 Å². The van der Waals surface area contributed by atoms with Crippen molar-refractivity contribution in [2.75, 3.05) is 6.79 Å². The Kier molecular flexibility index (Phi) is 3.28. The summed E-state index contributed by atoms with van der Waals surface area (Å²) in [4.78, 5) is 3.89. The lowest BCUT2D eigenvalue weighted by Crippen LogP contribution is -2.42. The van der Waals surface area contributed by atoms with Crippen molar-refractivity contribution in [1.82, 2.24) is 10.8 Å². The van der Waals surface area contributed by atoms with Crippen LogP contribution in [0.3, 0.4) is 0 Å². The summed E-state index contributed by atoms with van der Waals surface area (Å²) in [5.74, 6) is 1.24. The summed E-state index contributed by atoms with van der Waals surface area (Å²) < 4.78 is 10.4. The fourth-order valence-electron chi connectivity index (χ4n) is 1.35. The average Bonchev–Trinajstić information content (AvgIpc) is 2.72. The molecule has 17 heavy (non-hydrogen) atoms. The molecule has 0 amide bonds. The van der Waals surface area contributed by atoms with Crippen LogP contribution in [0.1, 0.15) is 5.56 Å². The van der Waals surface area contributed by atoms with E-state index in [2.05, 4.69) is 4.99 Å². The van der Waals surface area contributed by atoms with Crippen molar-refractivity contribution in [3.8, 4) is 11.5 Å². The van der Waals surface area contributed by atoms with E-state index in [1.807, 2.05) is 11.5 Å². The molecule has 8 nitrogen and oxygen atoms in total. The number of aliphatic imine (C=N–C) groups is 1. The Morgan fingerprint density at radius 3 is 2.94 bits per heavy atom. The molecule has 8 heteroatoms. The normalized spacial score (nSPS) is 14.2. The van der Waals surface area contributed by atoms with Gasteiger partial charge in [0.25, 0.3) is 0 Å². The quantitative estimate of drug-likeness (QED) is 0.329. The van der Waals surface area contributed by atoms with Crippen molar-refractivity contribution in [3.63, 3.8) is 0 Å². The van der Waals surface area contributed by atoms with Crippen LogP contribution in [0.15, 0.2) is 23.2 Å². The molecule has 1 aliphatic heterocycles. The average molecular weight is 240 g/mol. The predicted molar refractivity (Wildman–Crippen MR) is 56.4 cm³/mol. The molecule has 0 spiro atoms. The van der Waals surface area contributed by atoms with Gasteiger partial charge in [0.1, 0.15) is 0 Å². The summed E-state index contributed by atoms with van der Waals surface area (Å²) >= 11 is 0. The van der Waals surface area contributed by atoms with E-state index in [-0.39, 0.29) is 24.6 Å². The Balaban J connectivity index is 2.00. The SMILES string of the molecule is NC(=NCc1ccc2c(c1)OCO2)NN(O)O. The molecule has 0 aromatic heterocycles. The first-order valence-corrected chi connectivity index (χ1v) is 4.78. The van der Waals surface area contributed by atoms with Gasteiger partial charge in [0.15, 0.2) is 11.5 Å². The second kappa shape index (κ2) is 4.87. The van der Waals surface area contributed by atoms with Gasteiger partial charge in [-0.1, -0.05) is 6.07 Å². The zero-order valence-electron chi connectivity index (χ0n) is 8.83. The van der Waals surface area contributed by atoms with E-state index >= 15 is 0 Å². The van der Waals surface area contributed by atoms with E-state index in [0.29, 0.717) is 11.5 Å². The van der Waals surface area contributed by atoms with Crippen molar-refractivity contribution in [2.45, 2.75) is 6.54 Å². The van der Waals surface area contributed by atoms with E-state index in [1.165, 1.54) is 0 Å². The van der Waals surface area contributed by atoms with Crippen LogP contribution in [0.25, 0.3) is 0 Å². The Bertz CT molecular complexity index is 435. The van der Waals surface area contributed by atoms with Crippen LogP contribution < -0.4 is 20.6 Å². The molecule has 1 heterocycles. The minimum atomic E-state index is -0.265. The summed E-state index contributed by atoms with van der Waals surface area (Å²) in [6.07, 6.45) is 0. The molecule has 1 aromatic carbocycles. The zero-order chi connectivity index (χ0) is 12.3. The van der Waals surface area contributed by atoms with E-state index in [0.717, 1.165) is 5.56 Å². The number of hydrazine groups is 1. The Morgan fingerprint density at radius 2 is 2.18 bits per heavy atom. The Hall–Kier alpha value is -2.03. The van der Waals surface area contributed by atoms with Crippen LogP contribution in [-0.2, 0) is 6.54 Å². The standard InChI is InChI=1S/C9H12N4O4/c10-9(12-13(14)15)11-4-6-1-2-7-8(3-6)17-5-16-7/h1-3,14-15H,4-5H2,(H3,10,11,12). The van der Waals surface area contributed by atoms with Crippen molar-refractivity contribution in [1.29, 1.82) is 0 Å². The molecular formula is C9H12N4O4. The molecule has 2 rings (SSSR count). The Morgan fingerprint density at radius 1 is 1.41 bits per heavy atom. The largest absolute Gasteiger partial charge is 0.454 e. The molecule has 0 saturated heterocycles. The summed E-state index contributed by atoms with van der Waals surface area (Å²) in [5, 5.41) is 16.6. The number of nitrogens with two attached hydrogens (primary N) is 1. The highest BCUT2D eigenvalue weighted by Gasteiger charge is 2.12. The second-order valence-corrected chi connectivity index (χ2v) is 3.29. The van der Waals surface area contributed by atoms with Gasteiger partial charge in [0, 0.05) is 5.34 Å². The van der Waals surface area contributed by atoms with Crippen molar-refractivity contribution in [3.05, 3.63) is 23.8 Å². The highest BCUT2D eigenvalue weighted by molar-refractivity contribution is 5.77. The molecule has 0 bridgehead atoms. The van der Waals surface area contributed by atoms with Gasteiger partial charge in [0.05, 0.1) is 6.54 Å². The summed E-state index contributed by atoms with van der Waals surface area (Å²) in [5.41, 5.74) is 8.20.